The lowest BCUT2D eigenvalue weighted by Gasteiger charge is -2.04. The number of Topliss-reactive ketones (excluding diaryl/α,β-unsaturated/α-hetero) is 1. The van der Waals surface area contributed by atoms with Crippen molar-refractivity contribution in [1.29, 1.82) is 0 Å². The second-order valence-corrected chi connectivity index (χ2v) is 3.76. The minimum Gasteiger partial charge on any atom is -0.294 e. The average Bonchev–Trinajstić information content (AvgIpc) is 2.29. The molecule has 0 aliphatic rings. The van der Waals surface area contributed by atoms with E-state index < -0.39 is 5.82 Å². The van der Waals surface area contributed by atoms with Crippen LogP contribution in [0.2, 0.25) is 0 Å². The Morgan fingerprint density at radius 3 is 2.06 bits per heavy atom. The van der Waals surface area contributed by atoms with E-state index in [2.05, 4.69) is 0 Å². The standard InChI is InChI=1S/C14H10F2O/c1-9(17)13-7-4-11(8-14(13)16)10-2-5-12(15)6-3-10/h2-8H,1H3. The second kappa shape index (κ2) is 4.45. The molecule has 0 bridgehead atoms. The fourth-order valence-corrected chi connectivity index (χ4v) is 1.62. The Bertz CT molecular complexity index is 559. The monoisotopic (exact) mass is 232 g/mol. The van der Waals surface area contributed by atoms with Gasteiger partial charge >= 0.3 is 0 Å². The SMILES string of the molecule is CC(=O)c1ccc(-c2ccc(F)cc2)cc1F. The fourth-order valence-electron chi connectivity index (χ4n) is 1.62. The molecule has 0 saturated carbocycles. The minimum atomic E-state index is -0.556. The van der Waals surface area contributed by atoms with Crippen LogP contribution in [0.15, 0.2) is 42.5 Å². The maximum absolute atomic E-state index is 13.6. The molecule has 0 heterocycles. The Balaban J connectivity index is 2.44. The molecule has 0 spiro atoms. The molecule has 0 N–H and O–H groups in total. The van der Waals surface area contributed by atoms with Crippen LogP contribution < -0.4 is 0 Å². The molecule has 0 aliphatic carbocycles. The first-order valence-corrected chi connectivity index (χ1v) is 5.14. The van der Waals surface area contributed by atoms with Crippen molar-refractivity contribution in [2.45, 2.75) is 6.92 Å². The molecule has 86 valence electrons. The van der Waals surface area contributed by atoms with E-state index in [1.807, 2.05) is 0 Å². The van der Waals surface area contributed by atoms with E-state index in [0.29, 0.717) is 11.1 Å². The van der Waals surface area contributed by atoms with Gasteiger partial charge in [0, 0.05) is 0 Å². The lowest BCUT2D eigenvalue weighted by atomic mass is 10.0. The molecule has 0 radical (unpaired) electrons. The lowest BCUT2D eigenvalue weighted by molar-refractivity contribution is 0.101. The molecule has 1 nitrogen and oxygen atoms in total. The topological polar surface area (TPSA) is 17.1 Å². The molecule has 0 amide bonds. The van der Waals surface area contributed by atoms with E-state index in [9.17, 15) is 13.6 Å². The quantitative estimate of drug-likeness (QED) is 0.719. The van der Waals surface area contributed by atoms with Gasteiger partial charge in [0.25, 0.3) is 0 Å². The van der Waals surface area contributed by atoms with Crippen LogP contribution in [0.5, 0.6) is 0 Å². The summed E-state index contributed by atoms with van der Waals surface area (Å²) in [5, 5.41) is 0. The zero-order valence-corrected chi connectivity index (χ0v) is 9.21. The third-order valence-corrected chi connectivity index (χ3v) is 2.53. The zero-order chi connectivity index (χ0) is 12.4. The number of carbonyl (C=O) groups excluding carboxylic acids is 1. The first-order chi connectivity index (χ1) is 8.08. The number of rotatable bonds is 2. The Hall–Kier alpha value is -2.03. The predicted molar refractivity (Wildman–Crippen MR) is 61.8 cm³/mol. The van der Waals surface area contributed by atoms with Gasteiger partial charge in [0.05, 0.1) is 5.56 Å². The van der Waals surface area contributed by atoms with Crippen LogP contribution in [-0.2, 0) is 0 Å². The maximum atomic E-state index is 13.6. The number of hydrogen-bond acceptors (Lipinski definition) is 1. The van der Waals surface area contributed by atoms with Crippen LogP contribution in [-0.4, -0.2) is 5.78 Å². The maximum Gasteiger partial charge on any atom is 0.162 e. The molecule has 2 aromatic rings. The largest absolute Gasteiger partial charge is 0.294 e. The van der Waals surface area contributed by atoms with Gasteiger partial charge < -0.3 is 0 Å². The zero-order valence-electron chi connectivity index (χ0n) is 9.21. The van der Waals surface area contributed by atoms with Gasteiger partial charge in [-0.1, -0.05) is 18.2 Å². The lowest BCUT2D eigenvalue weighted by Crippen LogP contribution is -1.96. The summed E-state index contributed by atoms with van der Waals surface area (Å²) >= 11 is 0. The highest BCUT2D eigenvalue weighted by Crippen LogP contribution is 2.22. The van der Waals surface area contributed by atoms with Crippen LogP contribution in [0.1, 0.15) is 17.3 Å². The van der Waals surface area contributed by atoms with Gasteiger partial charge in [-0.05, 0) is 42.3 Å². The van der Waals surface area contributed by atoms with Crippen molar-refractivity contribution in [2.75, 3.05) is 0 Å². The summed E-state index contributed by atoms with van der Waals surface area (Å²) in [4.78, 5) is 11.1. The van der Waals surface area contributed by atoms with E-state index in [4.69, 9.17) is 0 Å². The summed E-state index contributed by atoms with van der Waals surface area (Å²) < 4.78 is 26.3. The minimum absolute atomic E-state index is 0.0656. The Morgan fingerprint density at radius 2 is 1.53 bits per heavy atom. The molecule has 3 heteroatoms. The van der Waals surface area contributed by atoms with Crippen molar-refractivity contribution >= 4 is 5.78 Å². The molecular formula is C14H10F2O. The molecule has 2 rings (SSSR count). The van der Waals surface area contributed by atoms with Gasteiger partial charge in [0.1, 0.15) is 11.6 Å². The smallest absolute Gasteiger partial charge is 0.162 e. The van der Waals surface area contributed by atoms with Crippen molar-refractivity contribution < 1.29 is 13.6 Å². The number of hydrogen-bond donors (Lipinski definition) is 0. The fraction of sp³-hybridized carbons (Fsp3) is 0.0714. The summed E-state index contributed by atoms with van der Waals surface area (Å²) in [6.45, 7) is 1.32. The van der Waals surface area contributed by atoms with Gasteiger partial charge in [-0.25, -0.2) is 8.78 Å². The van der Waals surface area contributed by atoms with Crippen molar-refractivity contribution in [3.8, 4) is 11.1 Å². The molecular weight excluding hydrogens is 222 g/mol. The molecule has 0 aliphatic heterocycles. The second-order valence-electron chi connectivity index (χ2n) is 3.76. The summed E-state index contributed by atoms with van der Waals surface area (Å²) in [5.41, 5.74) is 1.39. The molecule has 17 heavy (non-hydrogen) atoms. The Morgan fingerprint density at radius 1 is 0.941 bits per heavy atom. The van der Waals surface area contributed by atoms with Crippen molar-refractivity contribution in [3.05, 3.63) is 59.7 Å². The highest BCUT2D eigenvalue weighted by atomic mass is 19.1. The summed E-state index contributed by atoms with van der Waals surface area (Å²) in [7, 11) is 0. The van der Waals surface area contributed by atoms with Crippen LogP contribution in [0, 0.1) is 11.6 Å². The normalized spacial score (nSPS) is 10.3. The van der Waals surface area contributed by atoms with E-state index in [1.54, 1.807) is 18.2 Å². The Labute approximate surface area is 97.7 Å². The van der Waals surface area contributed by atoms with Crippen LogP contribution in [0.25, 0.3) is 11.1 Å². The number of carbonyl (C=O) groups is 1. The predicted octanol–water partition coefficient (Wildman–Crippen LogP) is 3.83. The first-order valence-electron chi connectivity index (χ1n) is 5.14. The number of benzene rings is 2. The van der Waals surface area contributed by atoms with Crippen molar-refractivity contribution in [2.24, 2.45) is 0 Å². The number of ketones is 1. The summed E-state index contributed by atoms with van der Waals surface area (Å²) in [6.07, 6.45) is 0. The van der Waals surface area contributed by atoms with E-state index in [1.165, 1.54) is 31.2 Å². The summed E-state index contributed by atoms with van der Waals surface area (Å²) in [5.74, 6) is -1.21. The molecule has 0 fully saturated rings. The van der Waals surface area contributed by atoms with Gasteiger partial charge in [0.15, 0.2) is 5.78 Å². The van der Waals surface area contributed by atoms with Gasteiger partial charge in [-0.2, -0.15) is 0 Å². The average molecular weight is 232 g/mol. The highest BCUT2D eigenvalue weighted by molar-refractivity contribution is 5.94. The third-order valence-electron chi connectivity index (χ3n) is 2.53. The van der Waals surface area contributed by atoms with Crippen molar-refractivity contribution in [1.82, 2.24) is 0 Å². The van der Waals surface area contributed by atoms with Crippen molar-refractivity contribution in [3.63, 3.8) is 0 Å². The van der Waals surface area contributed by atoms with Crippen LogP contribution in [0.4, 0.5) is 8.78 Å². The molecule has 0 atom stereocenters. The van der Waals surface area contributed by atoms with E-state index in [0.717, 1.165) is 0 Å². The molecule has 2 aromatic carbocycles. The van der Waals surface area contributed by atoms with Crippen LogP contribution in [0.3, 0.4) is 0 Å². The van der Waals surface area contributed by atoms with Gasteiger partial charge in [-0.15, -0.1) is 0 Å². The Kier molecular flexibility index (Phi) is 3.00. The molecule has 0 aromatic heterocycles. The first kappa shape index (κ1) is 11.5. The van der Waals surface area contributed by atoms with Crippen LogP contribution >= 0.6 is 0 Å². The van der Waals surface area contributed by atoms with E-state index >= 15 is 0 Å². The molecule has 0 saturated heterocycles. The van der Waals surface area contributed by atoms with Gasteiger partial charge in [0.2, 0.25) is 0 Å². The molecule has 0 unspecified atom stereocenters. The number of halogens is 2. The third kappa shape index (κ3) is 2.38. The van der Waals surface area contributed by atoms with Gasteiger partial charge in [-0.3, -0.25) is 4.79 Å². The van der Waals surface area contributed by atoms with E-state index in [-0.39, 0.29) is 17.2 Å². The summed E-state index contributed by atoms with van der Waals surface area (Å²) in [6, 6.07) is 10.1. The highest BCUT2D eigenvalue weighted by Gasteiger charge is 2.08.